The number of nitrogens with zero attached hydrogens (tertiary/aromatic N) is 2. The van der Waals surface area contributed by atoms with E-state index in [-0.39, 0.29) is 11.2 Å². The second-order valence-corrected chi connectivity index (χ2v) is 6.57. The molecule has 2 rings (SSSR count). The van der Waals surface area contributed by atoms with E-state index in [2.05, 4.69) is 25.9 Å². The first-order valence-corrected chi connectivity index (χ1v) is 6.84. The number of rotatable bonds is 2. The molecule has 20 heavy (non-hydrogen) atoms. The van der Waals surface area contributed by atoms with Crippen LogP contribution in [0.1, 0.15) is 26.5 Å². The SMILES string of the molecule is Cn1nc(CC(C)(C)C)c(-c2c(F)cccc2Cl)c1N. The normalized spacial score (nSPS) is 11.9. The van der Waals surface area contributed by atoms with Gasteiger partial charge in [0, 0.05) is 12.6 Å². The van der Waals surface area contributed by atoms with Crippen LogP contribution in [0.25, 0.3) is 11.1 Å². The predicted octanol–water partition coefficient (Wildman–Crippen LogP) is 4.05. The zero-order chi connectivity index (χ0) is 15.1. The molecule has 0 saturated heterocycles. The smallest absolute Gasteiger partial charge is 0.132 e. The molecule has 0 aliphatic carbocycles. The molecule has 0 spiro atoms. The van der Waals surface area contributed by atoms with E-state index in [1.54, 1.807) is 23.9 Å². The Morgan fingerprint density at radius 2 is 1.95 bits per heavy atom. The van der Waals surface area contributed by atoms with Gasteiger partial charge in [0.25, 0.3) is 0 Å². The molecule has 2 aromatic rings. The lowest BCUT2D eigenvalue weighted by Crippen LogP contribution is -2.10. The molecule has 0 radical (unpaired) electrons. The molecule has 0 atom stereocenters. The molecule has 0 unspecified atom stereocenters. The highest BCUT2D eigenvalue weighted by Crippen LogP contribution is 2.38. The molecule has 0 aliphatic heterocycles. The summed E-state index contributed by atoms with van der Waals surface area (Å²) >= 11 is 6.16. The molecule has 0 bridgehead atoms. The van der Waals surface area contributed by atoms with Crippen molar-refractivity contribution in [1.82, 2.24) is 9.78 Å². The van der Waals surface area contributed by atoms with Crippen molar-refractivity contribution in [2.45, 2.75) is 27.2 Å². The van der Waals surface area contributed by atoms with Crippen molar-refractivity contribution in [3.63, 3.8) is 0 Å². The lowest BCUT2D eigenvalue weighted by molar-refractivity contribution is 0.405. The Balaban J connectivity index is 2.67. The van der Waals surface area contributed by atoms with E-state index < -0.39 is 0 Å². The van der Waals surface area contributed by atoms with Gasteiger partial charge in [-0.3, -0.25) is 4.68 Å². The van der Waals surface area contributed by atoms with Gasteiger partial charge in [-0.2, -0.15) is 5.10 Å². The fraction of sp³-hybridized carbons (Fsp3) is 0.400. The monoisotopic (exact) mass is 295 g/mol. The van der Waals surface area contributed by atoms with Gasteiger partial charge >= 0.3 is 0 Å². The summed E-state index contributed by atoms with van der Waals surface area (Å²) in [4.78, 5) is 0. The van der Waals surface area contributed by atoms with Crippen LogP contribution in [0.5, 0.6) is 0 Å². The maximum atomic E-state index is 14.2. The van der Waals surface area contributed by atoms with E-state index in [1.165, 1.54) is 6.07 Å². The summed E-state index contributed by atoms with van der Waals surface area (Å²) in [5, 5.41) is 4.77. The quantitative estimate of drug-likeness (QED) is 0.908. The van der Waals surface area contributed by atoms with Gasteiger partial charge in [-0.25, -0.2) is 4.39 Å². The number of aromatic nitrogens is 2. The molecule has 1 aromatic heterocycles. The molecule has 1 aromatic carbocycles. The Kier molecular flexibility index (Phi) is 3.78. The fourth-order valence-corrected chi connectivity index (χ4v) is 2.49. The largest absolute Gasteiger partial charge is 0.383 e. The van der Waals surface area contributed by atoms with Crippen LogP contribution in [-0.4, -0.2) is 9.78 Å². The highest BCUT2D eigenvalue weighted by Gasteiger charge is 2.24. The maximum Gasteiger partial charge on any atom is 0.132 e. The van der Waals surface area contributed by atoms with Crippen molar-refractivity contribution in [1.29, 1.82) is 0 Å². The first-order chi connectivity index (χ1) is 9.20. The van der Waals surface area contributed by atoms with Crippen LogP contribution in [0.2, 0.25) is 5.02 Å². The number of anilines is 1. The Morgan fingerprint density at radius 1 is 1.30 bits per heavy atom. The summed E-state index contributed by atoms with van der Waals surface area (Å²) in [7, 11) is 1.75. The van der Waals surface area contributed by atoms with Gasteiger partial charge in [-0.05, 0) is 24.0 Å². The van der Waals surface area contributed by atoms with Gasteiger partial charge < -0.3 is 5.73 Å². The van der Waals surface area contributed by atoms with Crippen LogP contribution >= 0.6 is 11.6 Å². The van der Waals surface area contributed by atoms with Crippen LogP contribution in [0.4, 0.5) is 10.2 Å². The topological polar surface area (TPSA) is 43.8 Å². The number of hydrogen-bond acceptors (Lipinski definition) is 2. The molecule has 0 saturated carbocycles. The van der Waals surface area contributed by atoms with Crippen LogP contribution in [0, 0.1) is 11.2 Å². The summed E-state index contributed by atoms with van der Waals surface area (Å²) in [5.41, 5.74) is 7.79. The lowest BCUT2D eigenvalue weighted by atomic mass is 9.88. The molecule has 1 heterocycles. The molecular formula is C15H19ClFN3. The first kappa shape index (κ1) is 14.9. The summed E-state index contributed by atoms with van der Waals surface area (Å²) < 4.78 is 15.7. The Bertz CT molecular complexity index is 621. The maximum absolute atomic E-state index is 14.2. The van der Waals surface area contributed by atoms with Gasteiger partial charge in [0.05, 0.1) is 16.3 Å². The summed E-state index contributed by atoms with van der Waals surface area (Å²) in [6, 6.07) is 4.62. The van der Waals surface area contributed by atoms with Crippen molar-refractivity contribution in [2.75, 3.05) is 5.73 Å². The first-order valence-electron chi connectivity index (χ1n) is 6.46. The number of hydrogen-bond donors (Lipinski definition) is 1. The van der Waals surface area contributed by atoms with Gasteiger partial charge in [-0.15, -0.1) is 0 Å². The molecule has 108 valence electrons. The third kappa shape index (κ3) is 2.80. The number of benzene rings is 1. The Labute approximate surface area is 123 Å². The molecular weight excluding hydrogens is 277 g/mol. The summed E-state index contributed by atoms with van der Waals surface area (Å²) in [6.07, 6.45) is 0.692. The van der Waals surface area contributed by atoms with Crippen LogP contribution in [0.15, 0.2) is 18.2 Å². The van der Waals surface area contributed by atoms with Crippen LogP contribution in [0.3, 0.4) is 0 Å². The van der Waals surface area contributed by atoms with Gasteiger partial charge in [0.15, 0.2) is 0 Å². The summed E-state index contributed by atoms with van der Waals surface area (Å²) in [5.74, 6) is 0.0450. The molecule has 0 amide bonds. The highest BCUT2D eigenvalue weighted by atomic mass is 35.5. The van der Waals surface area contributed by atoms with Gasteiger partial charge in [0.2, 0.25) is 0 Å². The second-order valence-electron chi connectivity index (χ2n) is 6.16. The minimum atomic E-state index is -0.382. The van der Waals surface area contributed by atoms with E-state index in [0.717, 1.165) is 5.69 Å². The van der Waals surface area contributed by atoms with Crippen molar-refractivity contribution < 1.29 is 4.39 Å². The van der Waals surface area contributed by atoms with Crippen LogP contribution < -0.4 is 5.73 Å². The van der Waals surface area contributed by atoms with E-state index in [0.29, 0.717) is 28.4 Å². The van der Waals surface area contributed by atoms with E-state index in [4.69, 9.17) is 17.3 Å². The van der Waals surface area contributed by atoms with Crippen LogP contribution in [-0.2, 0) is 13.5 Å². The second kappa shape index (κ2) is 5.09. The van der Waals surface area contributed by atoms with Crippen molar-refractivity contribution in [3.05, 3.63) is 34.7 Å². The van der Waals surface area contributed by atoms with E-state index >= 15 is 0 Å². The van der Waals surface area contributed by atoms with Crippen molar-refractivity contribution in [3.8, 4) is 11.1 Å². The molecule has 3 nitrogen and oxygen atoms in total. The van der Waals surface area contributed by atoms with E-state index in [9.17, 15) is 4.39 Å². The number of aryl methyl sites for hydroxylation is 1. The van der Waals surface area contributed by atoms with E-state index in [1.807, 2.05) is 0 Å². The third-order valence-corrected chi connectivity index (χ3v) is 3.39. The van der Waals surface area contributed by atoms with Crippen molar-refractivity contribution >= 4 is 17.4 Å². The average Bonchev–Trinajstić information content (AvgIpc) is 2.54. The minimum absolute atomic E-state index is 0.0211. The molecule has 2 N–H and O–H groups in total. The predicted molar refractivity (Wildman–Crippen MR) is 81.2 cm³/mol. The zero-order valence-corrected chi connectivity index (χ0v) is 12.9. The molecule has 0 aliphatic rings. The Morgan fingerprint density at radius 3 is 2.50 bits per heavy atom. The number of halogens is 2. The third-order valence-electron chi connectivity index (χ3n) is 3.07. The number of nitrogens with two attached hydrogens (primary N) is 1. The standard InChI is InChI=1S/C15H19ClFN3/c1-15(2,3)8-11-13(14(18)20(4)19-11)12-9(16)6-5-7-10(12)17/h5-7H,8,18H2,1-4H3. The lowest BCUT2D eigenvalue weighted by Gasteiger charge is -2.17. The molecule has 5 heteroatoms. The molecule has 0 fully saturated rings. The Hall–Kier alpha value is -1.55. The highest BCUT2D eigenvalue weighted by molar-refractivity contribution is 6.33. The minimum Gasteiger partial charge on any atom is -0.383 e. The zero-order valence-electron chi connectivity index (χ0n) is 12.2. The average molecular weight is 296 g/mol. The fourth-order valence-electron chi connectivity index (χ4n) is 2.23. The van der Waals surface area contributed by atoms with Gasteiger partial charge in [0.1, 0.15) is 11.6 Å². The number of nitrogen functional groups attached to an aromatic ring is 1. The summed E-state index contributed by atoms with van der Waals surface area (Å²) in [6.45, 7) is 6.31. The van der Waals surface area contributed by atoms with Crippen molar-refractivity contribution in [2.24, 2.45) is 12.5 Å². The van der Waals surface area contributed by atoms with Gasteiger partial charge in [-0.1, -0.05) is 38.4 Å².